The van der Waals surface area contributed by atoms with Crippen LogP contribution in [0, 0.1) is 19.8 Å². The number of fused-ring (bicyclic) bond motifs is 1. The number of aliphatic hydroxyl groups is 3. The number of unbranched alkanes of at least 4 members (excludes halogenated alkanes) is 2. The highest BCUT2D eigenvalue weighted by molar-refractivity contribution is 7.21. The number of rotatable bonds is 9. The molecule has 0 aliphatic heterocycles. The van der Waals surface area contributed by atoms with E-state index in [0.717, 1.165) is 58.0 Å². The van der Waals surface area contributed by atoms with Crippen molar-refractivity contribution in [3.8, 4) is 10.6 Å². The average Bonchev–Trinajstić information content (AvgIpc) is 3.34. The molecule has 0 amide bonds. The fourth-order valence-electron chi connectivity index (χ4n) is 4.73. The molecule has 0 radical (unpaired) electrons. The van der Waals surface area contributed by atoms with Crippen molar-refractivity contribution in [3.63, 3.8) is 0 Å². The molecule has 4 atom stereocenters. The SMILES string of the molecule is CCCCCNc1nc(C)c(-c2nc3c(C)nccc3s2)c(N[C@@H]2C[C@H](C(C)(C)O)[C@@H](O)[C@H]2O)n1. The normalized spacial score (nSPS) is 22.6. The van der Waals surface area contributed by atoms with Gasteiger partial charge in [0.05, 0.1) is 39.4 Å². The highest BCUT2D eigenvalue weighted by Crippen LogP contribution is 2.40. The molecule has 1 aliphatic rings. The van der Waals surface area contributed by atoms with E-state index >= 15 is 0 Å². The Bertz CT molecular complexity index is 1180. The summed E-state index contributed by atoms with van der Waals surface area (Å²) in [5.41, 5.74) is 2.10. The van der Waals surface area contributed by atoms with Gasteiger partial charge in [-0.05, 0) is 46.6 Å². The van der Waals surface area contributed by atoms with Gasteiger partial charge in [-0.2, -0.15) is 4.98 Å². The van der Waals surface area contributed by atoms with E-state index in [1.165, 1.54) is 0 Å². The summed E-state index contributed by atoms with van der Waals surface area (Å²) in [6.45, 7) is 10.1. The molecule has 3 aromatic heterocycles. The maximum atomic E-state index is 10.8. The summed E-state index contributed by atoms with van der Waals surface area (Å²) in [4.78, 5) is 18.7. The molecular weight excluding hydrogens is 464 g/mol. The first-order valence-corrected chi connectivity index (χ1v) is 13.1. The molecule has 1 fully saturated rings. The van der Waals surface area contributed by atoms with Crippen LogP contribution in [-0.2, 0) is 0 Å². The number of hydrogen-bond acceptors (Lipinski definition) is 10. The predicted octanol–water partition coefficient (Wildman–Crippen LogP) is 3.66. The van der Waals surface area contributed by atoms with Crippen molar-refractivity contribution in [1.29, 1.82) is 0 Å². The number of pyridine rings is 1. The van der Waals surface area contributed by atoms with Crippen LogP contribution in [0.5, 0.6) is 0 Å². The summed E-state index contributed by atoms with van der Waals surface area (Å²) in [6.07, 6.45) is 3.37. The van der Waals surface area contributed by atoms with Crippen LogP contribution in [0.2, 0.25) is 0 Å². The topological polar surface area (TPSA) is 136 Å². The summed E-state index contributed by atoms with van der Waals surface area (Å²) < 4.78 is 1.03. The van der Waals surface area contributed by atoms with E-state index in [1.54, 1.807) is 31.4 Å². The van der Waals surface area contributed by atoms with Gasteiger partial charge in [0.2, 0.25) is 5.95 Å². The van der Waals surface area contributed by atoms with Gasteiger partial charge in [-0.15, -0.1) is 11.3 Å². The molecule has 3 heterocycles. The second kappa shape index (κ2) is 10.3. The van der Waals surface area contributed by atoms with Crippen LogP contribution in [0.25, 0.3) is 20.8 Å². The molecule has 0 spiro atoms. The van der Waals surface area contributed by atoms with Crippen molar-refractivity contribution in [2.75, 3.05) is 17.2 Å². The number of anilines is 2. The molecule has 1 aliphatic carbocycles. The molecule has 190 valence electrons. The quantitative estimate of drug-likeness (QED) is 0.279. The lowest BCUT2D eigenvalue weighted by Crippen LogP contribution is -2.40. The van der Waals surface area contributed by atoms with E-state index in [-0.39, 0.29) is 0 Å². The molecule has 9 nitrogen and oxygen atoms in total. The van der Waals surface area contributed by atoms with Crippen LogP contribution in [0.3, 0.4) is 0 Å². The van der Waals surface area contributed by atoms with Crippen LogP contribution >= 0.6 is 11.3 Å². The van der Waals surface area contributed by atoms with Crippen molar-refractivity contribution in [2.24, 2.45) is 5.92 Å². The Morgan fingerprint density at radius 3 is 2.51 bits per heavy atom. The monoisotopic (exact) mass is 500 g/mol. The van der Waals surface area contributed by atoms with Crippen LogP contribution in [0.4, 0.5) is 11.8 Å². The molecule has 0 saturated heterocycles. The first-order chi connectivity index (χ1) is 16.6. The number of thiazole rings is 1. The zero-order valence-corrected chi connectivity index (χ0v) is 21.9. The summed E-state index contributed by atoms with van der Waals surface area (Å²) in [5, 5.41) is 39.4. The van der Waals surface area contributed by atoms with E-state index in [9.17, 15) is 15.3 Å². The molecule has 5 N–H and O–H groups in total. The summed E-state index contributed by atoms with van der Waals surface area (Å²) >= 11 is 1.54. The van der Waals surface area contributed by atoms with E-state index in [0.29, 0.717) is 18.2 Å². The zero-order chi connectivity index (χ0) is 25.3. The summed E-state index contributed by atoms with van der Waals surface area (Å²) in [7, 11) is 0. The minimum Gasteiger partial charge on any atom is -0.390 e. The smallest absolute Gasteiger partial charge is 0.224 e. The molecule has 0 aromatic carbocycles. The highest BCUT2D eigenvalue weighted by atomic mass is 32.1. The van der Waals surface area contributed by atoms with Gasteiger partial charge in [0, 0.05) is 18.7 Å². The summed E-state index contributed by atoms with van der Waals surface area (Å²) in [5.74, 6) is 0.591. The third-order valence-electron chi connectivity index (χ3n) is 6.77. The van der Waals surface area contributed by atoms with Gasteiger partial charge in [0.1, 0.15) is 22.4 Å². The lowest BCUT2D eigenvalue weighted by molar-refractivity contribution is -0.0601. The van der Waals surface area contributed by atoms with E-state index in [4.69, 9.17) is 15.0 Å². The second-order valence-electron chi connectivity index (χ2n) is 9.98. The van der Waals surface area contributed by atoms with Crippen LogP contribution in [0.1, 0.15) is 57.8 Å². The van der Waals surface area contributed by atoms with Gasteiger partial charge < -0.3 is 26.0 Å². The van der Waals surface area contributed by atoms with Crippen molar-refractivity contribution in [2.45, 2.75) is 84.2 Å². The number of aliphatic hydroxyl groups excluding tert-OH is 2. The van der Waals surface area contributed by atoms with Crippen molar-refractivity contribution >= 4 is 33.3 Å². The minimum absolute atomic E-state index is 0.399. The van der Waals surface area contributed by atoms with Crippen LogP contribution < -0.4 is 10.6 Å². The lowest BCUT2D eigenvalue weighted by Gasteiger charge is -2.28. The fourth-order valence-corrected chi connectivity index (χ4v) is 5.84. The molecular formula is C25H36N6O3S. The average molecular weight is 501 g/mol. The van der Waals surface area contributed by atoms with Crippen LogP contribution in [-0.4, -0.2) is 65.7 Å². The Morgan fingerprint density at radius 2 is 1.86 bits per heavy atom. The standard InChI is InChI=1S/C25H36N6O3S/c1-6-7-8-10-27-24-28-13(2)18(23-30-19-14(3)26-11-9-17(19)35-23)22(31-24)29-16-12-15(25(4,5)34)20(32)21(16)33/h9,11,15-16,20-21,32-34H,6-8,10,12H2,1-5H3,(H2,27,28,29,31)/t15-,16+,20+,21-/m0/s1. The van der Waals surface area contributed by atoms with Gasteiger partial charge in [-0.25, -0.2) is 9.97 Å². The Labute approximate surface area is 210 Å². The van der Waals surface area contributed by atoms with E-state index in [1.807, 2.05) is 19.9 Å². The molecule has 4 rings (SSSR count). The van der Waals surface area contributed by atoms with Crippen molar-refractivity contribution in [1.82, 2.24) is 19.9 Å². The lowest BCUT2D eigenvalue weighted by atomic mass is 9.88. The largest absolute Gasteiger partial charge is 0.390 e. The number of hydrogen-bond donors (Lipinski definition) is 5. The number of aryl methyl sites for hydroxylation is 2. The summed E-state index contributed by atoms with van der Waals surface area (Å²) in [6, 6.07) is 1.46. The van der Waals surface area contributed by atoms with E-state index in [2.05, 4.69) is 22.5 Å². The maximum Gasteiger partial charge on any atom is 0.224 e. The van der Waals surface area contributed by atoms with Crippen LogP contribution in [0.15, 0.2) is 12.3 Å². The predicted molar refractivity (Wildman–Crippen MR) is 140 cm³/mol. The number of nitrogens with one attached hydrogen (secondary N) is 2. The highest BCUT2D eigenvalue weighted by Gasteiger charge is 2.48. The molecule has 10 heteroatoms. The molecule has 1 saturated carbocycles. The number of aromatic nitrogens is 4. The maximum absolute atomic E-state index is 10.8. The molecule has 35 heavy (non-hydrogen) atoms. The minimum atomic E-state index is -1.12. The van der Waals surface area contributed by atoms with Crippen molar-refractivity contribution < 1.29 is 15.3 Å². The first-order valence-electron chi connectivity index (χ1n) is 12.3. The Hall–Kier alpha value is -2.40. The van der Waals surface area contributed by atoms with Gasteiger partial charge in [0.15, 0.2) is 0 Å². The van der Waals surface area contributed by atoms with Gasteiger partial charge in [0.25, 0.3) is 0 Å². The number of nitrogens with zero attached hydrogens (tertiary/aromatic N) is 4. The zero-order valence-electron chi connectivity index (χ0n) is 21.0. The van der Waals surface area contributed by atoms with Crippen molar-refractivity contribution in [3.05, 3.63) is 23.7 Å². The molecule has 0 unspecified atom stereocenters. The third kappa shape index (κ3) is 5.40. The van der Waals surface area contributed by atoms with Gasteiger partial charge in [-0.1, -0.05) is 19.8 Å². The fraction of sp³-hybridized carbons (Fsp3) is 0.600. The third-order valence-corrected chi connectivity index (χ3v) is 7.81. The Morgan fingerprint density at radius 1 is 1.09 bits per heavy atom. The van der Waals surface area contributed by atoms with E-state index < -0.39 is 29.8 Å². The molecule has 3 aromatic rings. The van der Waals surface area contributed by atoms with Gasteiger partial charge >= 0.3 is 0 Å². The molecule has 0 bridgehead atoms. The Balaban J connectivity index is 1.72. The van der Waals surface area contributed by atoms with Gasteiger partial charge in [-0.3, -0.25) is 4.98 Å². The Kier molecular flexibility index (Phi) is 7.56. The first kappa shape index (κ1) is 25.7. The second-order valence-corrected chi connectivity index (χ2v) is 11.0.